The van der Waals surface area contributed by atoms with Gasteiger partial charge in [0, 0.05) is 39.7 Å². The van der Waals surface area contributed by atoms with E-state index in [0.717, 1.165) is 53.2 Å². The Morgan fingerprint density at radius 3 is 2.27 bits per heavy atom. The van der Waals surface area contributed by atoms with E-state index >= 15 is 0 Å². The van der Waals surface area contributed by atoms with Gasteiger partial charge in [-0.2, -0.15) is 0 Å². The quantitative estimate of drug-likeness (QED) is 0.533. The van der Waals surface area contributed by atoms with Crippen LogP contribution in [0, 0.1) is 0 Å². The third kappa shape index (κ3) is 4.62. The summed E-state index contributed by atoms with van der Waals surface area (Å²) in [5.74, 6) is 1.83. The number of hydrazone groups is 1. The number of aliphatic hydroxyl groups is 1. The molecule has 0 atom stereocenters. The molecule has 0 fully saturated rings. The zero-order chi connectivity index (χ0) is 23.5. The van der Waals surface area contributed by atoms with Crippen molar-refractivity contribution in [1.82, 2.24) is 24.8 Å². The molecule has 8 heteroatoms. The van der Waals surface area contributed by atoms with Crippen molar-refractivity contribution in [3.05, 3.63) is 76.3 Å². The first kappa shape index (κ1) is 23.3. The van der Waals surface area contributed by atoms with E-state index in [1.165, 1.54) is 0 Å². The van der Waals surface area contributed by atoms with Crippen LogP contribution in [-0.4, -0.2) is 56.9 Å². The van der Waals surface area contributed by atoms with Crippen LogP contribution in [0.4, 0.5) is 0 Å². The van der Waals surface area contributed by atoms with Crippen molar-refractivity contribution in [2.45, 2.75) is 39.3 Å². The van der Waals surface area contributed by atoms with Crippen molar-refractivity contribution in [3.8, 4) is 11.1 Å². The number of unbranched alkanes of at least 4 members (excludes halogenated alkanes) is 1. The van der Waals surface area contributed by atoms with E-state index in [2.05, 4.69) is 58.9 Å². The molecule has 0 radical (unpaired) electrons. The summed E-state index contributed by atoms with van der Waals surface area (Å²) in [7, 11) is 5.91. The summed E-state index contributed by atoms with van der Waals surface area (Å²) in [6, 6.07) is 16.9. The molecule has 0 saturated heterocycles. The lowest BCUT2D eigenvalue weighted by molar-refractivity contribution is -0.0673. The first-order chi connectivity index (χ1) is 15.9. The van der Waals surface area contributed by atoms with Gasteiger partial charge in [-0.15, -0.1) is 10.2 Å². The highest BCUT2D eigenvalue weighted by atomic mass is 35.5. The van der Waals surface area contributed by atoms with E-state index in [0.29, 0.717) is 17.4 Å². The van der Waals surface area contributed by atoms with E-state index in [9.17, 15) is 5.11 Å². The first-order valence-electron chi connectivity index (χ1n) is 11.3. The Bertz CT molecular complexity index is 1140. The number of halogens is 1. The van der Waals surface area contributed by atoms with E-state index in [-0.39, 0.29) is 6.61 Å². The van der Waals surface area contributed by atoms with Gasteiger partial charge < -0.3 is 9.67 Å². The summed E-state index contributed by atoms with van der Waals surface area (Å²) in [6.07, 6.45) is 2.97. The molecule has 7 nitrogen and oxygen atoms in total. The minimum Gasteiger partial charge on any atom is -0.390 e. The summed E-state index contributed by atoms with van der Waals surface area (Å²) in [5.41, 5.74) is 5.14. The number of aryl methyl sites for hydroxylation is 1. The van der Waals surface area contributed by atoms with Crippen LogP contribution in [0.1, 0.15) is 42.4 Å². The third-order valence-corrected chi connectivity index (χ3v) is 6.48. The molecule has 1 aromatic heterocycles. The van der Waals surface area contributed by atoms with E-state index in [1.54, 1.807) is 0 Å². The smallest absolute Gasteiger partial charge is 0.173 e. The van der Waals surface area contributed by atoms with Gasteiger partial charge in [0.15, 0.2) is 11.0 Å². The lowest BCUT2D eigenvalue weighted by atomic mass is 9.98. The Morgan fingerprint density at radius 1 is 0.970 bits per heavy atom. The minimum absolute atomic E-state index is 0.123. The molecule has 0 spiro atoms. The lowest BCUT2D eigenvalue weighted by Gasteiger charge is -2.26. The van der Waals surface area contributed by atoms with E-state index in [4.69, 9.17) is 16.7 Å². The van der Waals surface area contributed by atoms with Crippen molar-refractivity contribution in [3.63, 3.8) is 0 Å². The molecule has 1 aliphatic rings. The Labute approximate surface area is 200 Å². The number of hydrogen-bond acceptors (Lipinski definition) is 6. The Balaban J connectivity index is 1.62. The highest BCUT2D eigenvalue weighted by molar-refractivity contribution is 6.30. The summed E-state index contributed by atoms with van der Waals surface area (Å²) in [4.78, 5) is 4.50. The van der Waals surface area contributed by atoms with Crippen molar-refractivity contribution < 1.29 is 5.11 Å². The van der Waals surface area contributed by atoms with Gasteiger partial charge in [0.2, 0.25) is 0 Å². The number of aromatic nitrogens is 2. The maximum Gasteiger partial charge on any atom is 0.173 e. The van der Waals surface area contributed by atoms with Crippen LogP contribution in [-0.2, 0) is 19.6 Å². The second kappa shape index (κ2) is 9.95. The van der Waals surface area contributed by atoms with Crippen LogP contribution in [0.25, 0.3) is 11.1 Å². The lowest BCUT2D eigenvalue weighted by Crippen LogP contribution is -2.40. The molecule has 174 valence electrons. The molecule has 33 heavy (non-hydrogen) atoms. The summed E-state index contributed by atoms with van der Waals surface area (Å²) in [6.45, 7) is 2.66. The number of aliphatic hydroxyl groups excluding tert-OH is 1. The Morgan fingerprint density at radius 2 is 1.67 bits per heavy atom. The number of hydrogen-bond donors (Lipinski definition) is 1. The van der Waals surface area contributed by atoms with Gasteiger partial charge in [0.1, 0.15) is 5.82 Å². The van der Waals surface area contributed by atoms with Crippen LogP contribution in [0.15, 0.2) is 53.6 Å². The minimum atomic E-state index is -0.123. The third-order valence-electron chi connectivity index (χ3n) is 6.18. The molecular formula is C25H31ClN6O. The molecule has 3 aromatic rings. The molecule has 1 aliphatic heterocycles. The normalized spacial score (nSPS) is 14.3. The zero-order valence-corrected chi connectivity index (χ0v) is 20.4. The molecule has 0 saturated carbocycles. The molecule has 0 amide bonds. The van der Waals surface area contributed by atoms with E-state index < -0.39 is 0 Å². The second-order valence-electron chi connectivity index (χ2n) is 8.28. The van der Waals surface area contributed by atoms with Gasteiger partial charge in [-0.05, 0) is 23.1 Å². The predicted octanol–water partition coefficient (Wildman–Crippen LogP) is 4.39. The number of amidine groups is 1. The predicted molar refractivity (Wildman–Crippen MR) is 133 cm³/mol. The first-order valence-corrected chi connectivity index (χ1v) is 11.6. The van der Waals surface area contributed by atoms with Gasteiger partial charge in [-0.3, -0.25) is 5.01 Å². The molecule has 2 aromatic carbocycles. The van der Waals surface area contributed by atoms with Gasteiger partial charge >= 0.3 is 0 Å². The Kier molecular flexibility index (Phi) is 7.02. The second-order valence-corrected chi connectivity index (χ2v) is 8.64. The number of nitrogens with zero attached hydrogens (tertiary/aromatic N) is 6. The molecular weight excluding hydrogens is 436 g/mol. The van der Waals surface area contributed by atoms with Gasteiger partial charge in [-0.25, -0.2) is 10.1 Å². The topological polar surface area (TPSA) is 60.1 Å². The fourth-order valence-corrected chi connectivity index (χ4v) is 4.36. The largest absolute Gasteiger partial charge is 0.390 e. The highest BCUT2D eigenvalue weighted by Gasteiger charge is 2.26. The van der Waals surface area contributed by atoms with Gasteiger partial charge in [-0.1, -0.05) is 73.5 Å². The number of benzene rings is 2. The SMILES string of the molecule is CCCCc1nc(Cl)c(CO)n1Cc1ccc(-c2ccccc2C2=NN(C)N(C)N2C)cc1. The summed E-state index contributed by atoms with van der Waals surface area (Å²) < 4.78 is 2.05. The molecule has 0 unspecified atom stereocenters. The van der Waals surface area contributed by atoms with Gasteiger partial charge in [0.05, 0.1) is 12.3 Å². The van der Waals surface area contributed by atoms with Crippen molar-refractivity contribution >= 4 is 17.4 Å². The van der Waals surface area contributed by atoms with Crippen LogP contribution in [0.5, 0.6) is 0 Å². The molecule has 0 aliphatic carbocycles. The fourth-order valence-electron chi connectivity index (χ4n) is 4.10. The fraction of sp³-hybridized carbons (Fsp3) is 0.360. The van der Waals surface area contributed by atoms with Gasteiger partial charge in [0.25, 0.3) is 0 Å². The average Bonchev–Trinajstić information content (AvgIpc) is 3.27. The molecule has 1 N–H and O–H groups in total. The molecule has 4 rings (SSSR count). The zero-order valence-electron chi connectivity index (χ0n) is 19.7. The molecule has 2 heterocycles. The van der Waals surface area contributed by atoms with E-state index in [1.807, 2.05) is 42.5 Å². The monoisotopic (exact) mass is 466 g/mol. The van der Waals surface area contributed by atoms with Crippen LogP contribution in [0.3, 0.4) is 0 Å². The summed E-state index contributed by atoms with van der Waals surface area (Å²) >= 11 is 6.30. The standard InChI is InChI=1S/C25H31ClN6O/c1-5-6-11-23-27-24(26)22(17-33)32(23)16-18-12-14-19(15-13-18)20-9-7-8-10-21(20)25-28-30(3)31(4)29(25)2/h7-10,12-15,33H,5-6,11,16-17H2,1-4H3. The number of hydrazine groups is 2. The van der Waals surface area contributed by atoms with Crippen molar-refractivity contribution in [2.24, 2.45) is 5.10 Å². The van der Waals surface area contributed by atoms with Crippen molar-refractivity contribution in [2.75, 3.05) is 21.1 Å². The maximum absolute atomic E-state index is 9.83. The highest BCUT2D eigenvalue weighted by Crippen LogP contribution is 2.28. The number of rotatable bonds is 8. The summed E-state index contributed by atoms with van der Waals surface area (Å²) in [5, 5.41) is 20.7. The number of imidazole rings is 1. The maximum atomic E-state index is 9.83. The average molecular weight is 467 g/mol. The Hall–Kier alpha value is -2.87. The van der Waals surface area contributed by atoms with Crippen LogP contribution < -0.4 is 0 Å². The van der Waals surface area contributed by atoms with Crippen LogP contribution in [0.2, 0.25) is 5.15 Å². The van der Waals surface area contributed by atoms with Crippen LogP contribution >= 0.6 is 11.6 Å². The van der Waals surface area contributed by atoms with Crippen molar-refractivity contribution in [1.29, 1.82) is 0 Å². The molecule has 0 bridgehead atoms.